The fourth-order valence-corrected chi connectivity index (χ4v) is 1.99. The van der Waals surface area contributed by atoms with Crippen LogP contribution in [0.5, 0.6) is 0 Å². The van der Waals surface area contributed by atoms with Gasteiger partial charge in [0, 0.05) is 0 Å². The Morgan fingerprint density at radius 3 is 2.27 bits per heavy atom. The molecule has 0 spiro atoms. The highest BCUT2D eigenvalue weighted by molar-refractivity contribution is 7.47. The molecule has 0 fully saturated rings. The molecule has 0 radical (unpaired) electrons. The summed E-state index contributed by atoms with van der Waals surface area (Å²) in [4.78, 5) is 0. The van der Waals surface area contributed by atoms with Crippen molar-refractivity contribution in [3.8, 4) is 0 Å². The SMILES string of the molecule is C=C(CCCCC)[Si](C)(Cl)Cl. The Kier molecular flexibility index (Phi) is 5.49. The summed E-state index contributed by atoms with van der Waals surface area (Å²) in [6.07, 6.45) is 4.66. The molecule has 0 aliphatic rings. The van der Waals surface area contributed by atoms with Gasteiger partial charge in [0.1, 0.15) is 0 Å². The molecule has 11 heavy (non-hydrogen) atoms. The van der Waals surface area contributed by atoms with E-state index in [9.17, 15) is 0 Å². The molecule has 0 saturated carbocycles. The van der Waals surface area contributed by atoms with Crippen LogP contribution in [-0.2, 0) is 0 Å². The summed E-state index contributed by atoms with van der Waals surface area (Å²) in [5.41, 5.74) is 0. The van der Waals surface area contributed by atoms with Crippen molar-refractivity contribution in [1.82, 2.24) is 0 Å². The maximum atomic E-state index is 5.97. The molecule has 0 heterocycles. The van der Waals surface area contributed by atoms with Crippen molar-refractivity contribution < 1.29 is 0 Å². The zero-order chi connectivity index (χ0) is 8.91. The molecule has 0 N–H and O–H groups in total. The average molecular weight is 211 g/mol. The highest BCUT2D eigenvalue weighted by Crippen LogP contribution is 2.26. The van der Waals surface area contributed by atoms with Crippen LogP contribution in [0.25, 0.3) is 0 Å². The zero-order valence-corrected chi connectivity index (χ0v) is 9.80. The van der Waals surface area contributed by atoms with Gasteiger partial charge in [-0.3, -0.25) is 0 Å². The van der Waals surface area contributed by atoms with Crippen molar-refractivity contribution >= 4 is 28.9 Å². The lowest BCUT2D eigenvalue weighted by molar-refractivity contribution is 0.724. The van der Waals surface area contributed by atoms with Crippen molar-refractivity contribution in [2.24, 2.45) is 0 Å². The van der Waals surface area contributed by atoms with Crippen LogP contribution in [0, 0.1) is 0 Å². The molecule has 0 unspecified atom stereocenters. The second-order valence-corrected chi connectivity index (χ2v) is 10.5. The molecule has 0 aromatic rings. The smallest absolute Gasteiger partial charge is 0.140 e. The van der Waals surface area contributed by atoms with Gasteiger partial charge in [-0.25, -0.2) is 0 Å². The molecule has 0 bridgehead atoms. The molecule has 0 atom stereocenters. The number of hydrogen-bond acceptors (Lipinski definition) is 0. The van der Waals surface area contributed by atoms with E-state index in [1.165, 1.54) is 19.3 Å². The highest BCUT2D eigenvalue weighted by atomic mass is 35.7. The van der Waals surface area contributed by atoms with Gasteiger partial charge in [0.15, 0.2) is 0 Å². The van der Waals surface area contributed by atoms with Crippen molar-refractivity contribution in [2.75, 3.05) is 0 Å². The van der Waals surface area contributed by atoms with E-state index in [1.54, 1.807) is 0 Å². The lowest BCUT2D eigenvalue weighted by atomic mass is 10.2. The summed E-state index contributed by atoms with van der Waals surface area (Å²) in [6, 6.07) is 0. The van der Waals surface area contributed by atoms with Gasteiger partial charge >= 0.3 is 0 Å². The van der Waals surface area contributed by atoms with Gasteiger partial charge in [-0.05, 0) is 19.4 Å². The highest BCUT2D eigenvalue weighted by Gasteiger charge is 2.24. The minimum Gasteiger partial charge on any atom is -0.140 e. The Balaban J connectivity index is 3.54. The molecule has 0 aromatic carbocycles. The lowest BCUT2D eigenvalue weighted by Gasteiger charge is -2.13. The Bertz CT molecular complexity index is 127. The zero-order valence-electron chi connectivity index (χ0n) is 7.29. The predicted octanol–water partition coefficient (Wildman–Crippen LogP) is 4.21. The molecule has 0 saturated heterocycles. The van der Waals surface area contributed by atoms with Crippen molar-refractivity contribution in [1.29, 1.82) is 0 Å². The van der Waals surface area contributed by atoms with Gasteiger partial charge in [-0.2, -0.15) is 0 Å². The largest absolute Gasteiger partial charge is 0.273 e. The number of unbranched alkanes of at least 4 members (excludes halogenated alkanes) is 2. The van der Waals surface area contributed by atoms with E-state index >= 15 is 0 Å². The van der Waals surface area contributed by atoms with E-state index < -0.39 is 6.69 Å². The topological polar surface area (TPSA) is 0 Å². The van der Waals surface area contributed by atoms with E-state index in [4.69, 9.17) is 22.2 Å². The van der Waals surface area contributed by atoms with E-state index in [1.807, 2.05) is 6.55 Å². The molecule has 0 aromatic heterocycles. The first kappa shape index (κ1) is 11.5. The first-order chi connectivity index (χ1) is 4.98. The maximum Gasteiger partial charge on any atom is 0.273 e. The van der Waals surface area contributed by atoms with Crippen LogP contribution in [0.2, 0.25) is 6.55 Å². The van der Waals surface area contributed by atoms with Gasteiger partial charge in [0.05, 0.1) is 0 Å². The van der Waals surface area contributed by atoms with Crippen LogP contribution in [0.1, 0.15) is 32.6 Å². The monoisotopic (exact) mass is 210 g/mol. The second-order valence-electron chi connectivity index (χ2n) is 2.95. The molecular formula is C8H16Cl2Si. The number of hydrogen-bond donors (Lipinski definition) is 0. The molecule has 0 aliphatic carbocycles. The molecule has 0 nitrogen and oxygen atoms in total. The quantitative estimate of drug-likeness (QED) is 0.363. The Morgan fingerprint density at radius 1 is 1.36 bits per heavy atom. The minimum atomic E-state index is -2.06. The van der Waals surface area contributed by atoms with Crippen molar-refractivity contribution in [3.05, 3.63) is 11.8 Å². The standard InChI is InChI=1S/C8H16Cl2Si/c1-4-5-6-7-8(2)11(3,9)10/h2,4-7H2,1,3H3. The first-order valence-corrected chi connectivity index (χ1v) is 8.57. The Labute approximate surface area is 80.0 Å². The van der Waals surface area contributed by atoms with E-state index in [0.29, 0.717) is 0 Å². The normalized spacial score (nSPS) is 11.6. The van der Waals surface area contributed by atoms with Crippen molar-refractivity contribution in [2.45, 2.75) is 39.2 Å². The summed E-state index contributed by atoms with van der Waals surface area (Å²) in [5.74, 6) is 0. The van der Waals surface area contributed by atoms with Crippen LogP contribution in [0.3, 0.4) is 0 Å². The third kappa shape index (κ3) is 5.77. The van der Waals surface area contributed by atoms with Gasteiger partial charge in [0.2, 0.25) is 0 Å². The Morgan fingerprint density at radius 2 is 1.91 bits per heavy atom. The van der Waals surface area contributed by atoms with E-state index in [2.05, 4.69) is 13.5 Å². The van der Waals surface area contributed by atoms with Gasteiger partial charge in [-0.1, -0.05) is 25.0 Å². The molecule has 0 aliphatic heterocycles. The maximum absolute atomic E-state index is 5.97. The van der Waals surface area contributed by atoms with Gasteiger partial charge in [-0.15, -0.1) is 28.7 Å². The van der Waals surface area contributed by atoms with E-state index in [-0.39, 0.29) is 0 Å². The number of rotatable bonds is 5. The fourth-order valence-electron chi connectivity index (χ4n) is 0.808. The Hall–Kier alpha value is 0.537. The van der Waals surface area contributed by atoms with E-state index in [0.717, 1.165) is 11.6 Å². The second kappa shape index (κ2) is 5.23. The van der Waals surface area contributed by atoms with Gasteiger partial charge < -0.3 is 0 Å². The third-order valence-corrected chi connectivity index (χ3v) is 4.80. The first-order valence-electron chi connectivity index (χ1n) is 4.04. The van der Waals surface area contributed by atoms with Crippen LogP contribution >= 0.6 is 22.2 Å². The predicted molar refractivity (Wildman–Crippen MR) is 56.6 cm³/mol. The van der Waals surface area contributed by atoms with Crippen LogP contribution in [0.4, 0.5) is 0 Å². The lowest BCUT2D eigenvalue weighted by Crippen LogP contribution is -2.16. The summed E-state index contributed by atoms with van der Waals surface area (Å²) >= 11 is 11.9. The summed E-state index contributed by atoms with van der Waals surface area (Å²) in [5, 5.41) is 1.06. The van der Waals surface area contributed by atoms with Crippen molar-refractivity contribution in [3.63, 3.8) is 0 Å². The number of halogens is 2. The minimum absolute atomic E-state index is 1.00. The van der Waals surface area contributed by atoms with Crippen LogP contribution < -0.4 is 0 Å². The van der Waals surface area contributed by atoms with Crippen LogP contribution in [0.15, 0.2) is 11.8 Å². The molecule has 3 heteroatoms. The van der Waals surface area contributed by atoms with Crippen LogP contribution in [-0.4, -0.2) is 6.69 Å². The summed E-state index contributed by atoms with van der Waals surface area (Å²) in [6.45, 7) is 5.92. The third-order valence-electron chi connectivity index (χ3n) is 1.70. The number of allylic oxidation sites excluding steroid dienone is 1. The molecule has 66 valence electrons. The molecule has 0 amide bonds. The fraction of sp³-hybridized carbons (Fsp3) is 0.750. The summed E-state index contributed by atoms with van der Waals surface area (Å²) in [7, 11) is 0. The molecule has 0 rings (SSSR count). The van der Waals surface area contributed by atoms with Gasteiger partial charge in [0.25, 0.3) is 6.69 Å². The average Bonchev–Trinajstić information content (AvgIpc) is 1.86. The summed E-state index contributed by atoms with van der Waals surface area (Å²) < 4.78 is 0. The molecular weight excluding hydrogens is 195 g/mol.